The molecule has 4 bridgehead atoms. The number of carbonyl (C=O) groups is 6. The molecule has 384 valence electrons. The number of rotatable bonds is 13. The van der Waals surface area contributed by atoms with E-state index in [9.17, 15) is 24.0 Å². The highest BCUT2D eigenvalue weighted by molar-refractivity contribution is 6.12. The van der Waals surface area contributed by atoms with E-state index in [4.69, 9.17) is 42.1 Å². The molecule has 12 rings (SSSR count). The average Bonchev–Trinajstić information content (AvgIpc) is 4.11. The number of hydrogen-bond acceptors (Lipinski definition) is 14. The quantitative estimate of drug-likeness (QED) is 0.108. The number of nitrogens with zero attached hydrogens (tertiary/aromatic N) is 5. The van der Waals surface area contributed by atoms with Crippen LogP contribution < -0.4 is 32.7 Å². The van der Waals surface area contributed by atoms with Gasteiger partial charge in [-0.15, -0.1) is 0 Å². The van der Waals surface area contributed by atoms with Gasteiger partial charge >= 0.3 is 24.1 Å². The summed E-state index contributed by atoms with van der Waals surface area (Å²) in [6.07, 6.45) is 2.32. The minimum absolute atomic E-state index is 0.213. The largest absolute Gasteiger partial charge is 0.412 e. The Morgan fingerprint density at radius 1 is 0.630 bits per heavy atom. The fourth-order valence-electron chi connectivity index (χ4n) is 14.7. The Morgan fingerprint density at radius 3 is 1.62 bits per heavy atom. The van der Waals surface area contributed by atoms with Gasteiger partial charge in [0.2, 0.25) is 11.1 Å². The Morgan fingerprint density at radius 2 is 1.14 bits per heavy atom. The predicted octanol–water partition coefficient (Wildman–Crippen LogP) is 4.21. The first kappa shape index (κ1) is 49.7. The van der Waals surface area contributed by atoms with Crippen LogP contribution >= 0.6 is 0 Å². The second-order valence-corrected chi connectivity index (χ2v) is 21.6. The number of anilines is 2. The van der Waals surface area contributed by atoms with E-state index in [2.05, 4.69) is 23.6 Å². The summed E-state index contributed by atoms with van der Waals surface area (Å²) in [6, 6.07) is 25.9. The molecule has 8 N–H and O–H groups in total. The van der Waals surface area contributed by atoms with Crippen LogP contribution in [0.25, 0.3) is 11.1 Å². The van der Waals surface area contributed by atoms with Crippen molar-refractivity contribution in [2.45, 2.75) is 118 Å². The molecule has 4 amide bonds. The number of aromatic nitrogens is 1. The van der Waals surface area contributed by atoms with Gasteiger partial charge < -0.3 is 46.9 Å². The molecular weight excluding hydrogens is 931 g/mol. The number of carbonyl (C=O) groups excluding carboxylic acids is 6. The second kappa shape index (κ2) is 18.2. The second-order valence-electron chi connectivity index (χ2n) is 21.6. The summed E-state index contributed by atoms with van der Waals surface area (Å²) < 4.78 is 16.2. The minimum atomic E-state index is -2.22. The number of morpholine rings is 1. The van der Waals surface area contributed by atoms with Gasteiger partial charge in [-0.2, -0.15) is 0 Å². The van der Waals surface area contributed by atoms with Crippen LogP contribution in [0, 0.1) is 5.92 Å². The lowest BCUT2D eigenvalue weighted by Gasteiger charge is -2.58. The van der Waals surface area contributed by atoms with Gasteiger partial charge in [0.15, 0.2) is 0 Å². The van der Waals surface area contributed by atoms with Crippen LogP contribution in [0.2, 0.25) is 0 Å². The zero-order valence-corrected chi connectivity index (χ0v) is 41.9. The topological polar surface area (TPSA) is 260 Å². The van der Waals surface area contributed by atoms with Gasteiger partial charge in [0.05, 0.1) is 18.8 Å². The third kappa shape index (κ3) is 7.41. The van der Waals surface area contributed by atoms with Crippen molar-refractivity contribution in [3.8, 4) is 11.1 Å². The monoisotopic (exact) mass is 995 g/mol. The Bertz CT molecular complexity index is 2840. The van der Waals surface area contributed by atoms with Crippen molar-refractivity contribution in [1.29, 1.82) is 0 Å². The van der Waals surface area contributed by atoms with Crippen LogP contribution in [0.5, 0.6) is 0 Å². The summed E-state index contributed by atoms with van der Waals surface area (Å²) in [5.74, 6) is -3.57. The van der Waals surface area contributed by atoms with Gasteiger partial charge in [0.1, 0.15) is 5.82 Å². The van der Waals surface area contributed by atoms with Crippen molar-refractivity contribution in [2.75, 3.05) is 49.2 Å². The Kier molecular flexibility index (Phi) is 12.4. The number of benzene rings is 3. The number of fused-ring (bicyclic) bond motifs is 6. The summed E-state index contributed by atoms with van der Waals surface area (Å²) in [4.78, 5) is 97.8. The molecule has 3 aromatic carbocycles. The number of amides is 4. The fourth-order valence-corrected chi connectivity index (χ4v) is 14.7. The molecule has 18 heteroatoms. The molecule has 73 heavy (non-hydrogen) atoms. The molecule has 8 aliphatic rings. The number of likely N-dealkylation sites (tertiary alicyclic amines) is 2. The highest BCUT2D eigenvalue weighted by Gasteiger charge is 2.72. The maximum atomic E-state index is 15.0. The molecule has 4 aliphatic heterocycles. The van der Waals surface area contributed by atoms with Crippen molar-refractivity contribution in [1.82, 2.24) is 14.8 Å². The zero-order chi connectivity index (χ0) is 51.8. The summed E-state index contributed by atoms with van der Waals surface area (Å²) >= 11 is 0. The molecule has 5 heterocycles. The number of ether oxygens (including phenoxy) is 3. The molecule has 4 aromatic rings. The maximum absolute atomic E-state index is 15.0. The number of pyridine rings is 1. The maximum Gasteiger partial charge on any atom is 0.412 e. The van der Waals surface area contributed by atoms with E-state index in [0.717, 1.165) is 46.8 Å². The van der Waals surface area contributed by atoms with Gasteiger partial charge in [-0.1, -0.05) is 81.4 Å². The van der Waals surface area contributed by atoms with Crippen molar-refractivity contribution in [2.24, 2.45) is 28.9 Å². The molecule has 1 aromatic heterocycles. The van der Waals surface area contributed by atoms with E-state index >= 15 is 4.79 Å². The molecule has 9 atom stereocenters. The van der Waals surface area contributed by atoms with Crippen LogP contribution in [0.1, 0.15) is 82.1 Å². The lowest BCUT2D eigenvalue weighted by Crippen LogP contribution is -2.78. The molecule has 4 saturated heterocycles. The Labute approximate surface area is 424 Å². The van der Waals surface area contributed by atoms with Crippen LogP contribution in [-0.2, 0) is 57.1 Å². The average molecular weight is 996 g/mol. The zero-order valence-electron chi connectivity index (χ0n) is 41.9. The van der Waals surface area contributed by atoms with E-state index in [1.54, 1.807) is 0 Å². The molecule has 6 unspecified atom stereocenters. The standard InChI is InChI=1S/C55H65N9O9/c1-33-29-42(41-7-5-23-62(41)54(45(56)65,47(67)72-49(58)69)51(2)30-34-9-16-38(51)17-10-34)64(40-20-13-36(14-21-40)37-15-22-44(60-32-37)61-25-27-71-28-26-61)53(33,4)43-8-6-24-63(43)55(46(57)66,48(68)73-50(59)70)52(3)31-35-11-18-39(52)19-12-35/h9-22,32-33,41-43H,5-8,23-31H2,1-4H3,(H2,56,65)(H2,57,66)(H2,58,69)(H2,59,70)/t33?,41?,42?,43?,51?,52?,53-,54+,55+/m1/s1. The van der Waals surface area contributed by atoms with Crippen molar-refractivity contribution < 1.29 is 43.0 Å². The Balaban J connectivity index is 1.13. The molecule has 0 spiro atoms. The van der Waals surface area contributed by atoms with Crippen LogP contribution in [0.15, 0.2) is 91.1 Å². The smallest absolute Gasteiger partial charge is 0.378 e. The summed E-state index contributed by atoms with van der Waals surface area (Å²) in [5.41, 5.74) is 22.1. The number of nitrogens with two attached hydrogens (primary N) is 4. The Hall–Kier alpha value is -6.89. The first-order chi connectivity index (χ1) is 34.8. The predicted molar refractivity (Wildman–Crippen MR) is 271 cm³/mol. The fraction of sp³-hybridized carbons (Fsp3) is 0.473. The van der Waals surface area contributed by atoms with E-state index in [1.165, 1.54) is 0 Å². The van der Waals surface area contributed by atoms with Gasteiger partial charge in [0, 0.05) is 72.6 Å². The third-order valence-corrected chi connectivity index (χ3v) is 18.1. The molecule has 0 radical (unpaired) electrons. The van der Waals surface area contributed by atoms with Gasteiger partial charge in [-0.3, -0.25) is 19.4 Å². The molecule has 4 aliphatic carbocycles. The molecule has 18 nitrogen and oxygen atoms in total. The van der Waals surface area contributed by atoms with Crippen molar-refractivity contribution in [3.05, 3.63) is 113 Å². The molecular formula is C55H65N9O9. The summed E-state index contributed by atoms with van der Waals surface area (Å²) in [7, 11) is 0. The number of esters is 2. The van der Waals surface area contributed by atoms with Crippen LogP contribution in [0.3, 0.4) is 0 Å². The highest BCUT2D eigenvalue weighted by atomic mass is 16.6. The lowest BCUT2D eigenvalue weighted by atomic mass is 9.58. The molecule has 4 fully saturated rings. The first-order valence-corrected chi connectivity index (χ1v) is 25.4. The van der Waals surface area contributed by atoms with E-state index < -0.39 is 81.5 Å². The van der Waals surface area contributed by atoms with Crippen LogP contribution in [-0.4, -0.2) is 125 Å². The third-order valence-electron chi connectivity index (χ3n) is 18.1. The number of primary amides is 4. The summed E-state index contributed by atoms with van der Waals surface area (Å²) in [5, 5.41) is 0. The van der Waals surface area contributed by atoms with Crippen molar-refractivity contribution in [3.63, 3.8) is 0 Å². The lowest BCUT2D eigenvalue weighted by molar-refractivity contribution is -0.167. The van der Waals surface area contributed by atoms with Crippen LogP contribution in [0.4, 0.5) is 21.1 Å². The van der Waals surface area contributed by atoms with Crippen molar-refractivity contribution >= 4 is 47.4 Å². The van der Waals surface area contributed by atoms with E-state index in [0.29, 0.717) is 56.4 Å². The van der Waals surface area contributed by atoms with Gasteiger partial charge in [0.25, 0.3) is 11.8 Å². The summed E-state index contributed by atoms with van der Waals surface area (Å²) in [6.45, 7) is 11.2. The first-order valence-electron chi connectivity index (χ1n) is 25.4. The minimum Gasteiger partial charge on any atom is -0.378 e. The van der Waals surface area contributed by atoms with Gasteiger partial charge in [-0.25, -0.2) is 24.2 Å². The highest BCUT2D eigenvalue weighted by Crippen LogP contribution is 2.57. The normalized spacial score (nSPS) is 29.4. The van der Waals surface area contributed by atoms with E-state index in [-0.39, 0.29) is 31.8 Å². The SMILES string of the molecule is CC1CC(C2CCCN2[C@@](C(N)=O)(C(=O)OC(N)=O)C2(C)Cc3ccc2cc3)N(c2ccc(-c3ccc(N4CCOCC4)nc3)cc2)[C@@]1(C)C1CCCN1[C@@](C(N)=O)(C(=O)OC(N)=O)C1(C)Cc2ccc1cc2. The molecule has 0 saturated carbocycles. The van der Waals surface area contributed by atoms with E-state index in [1.807, 2.05) is 115 Å². The van der Waals surface area contributed by atoms with Gasteiger partial charge in [-0.05, 0) is 110 Å². The number of hydrogen-bond donors (Lipinski definition) is 4.